The second-order valence-electron chi connectivity index (χ2n) is 6.21. The number of ketones is 1. The Bertz CT molecular complexity index is 980. The zero-order chi connectivity index (χ0) is 19.9. The van der Waals surface area contributed by atoms with Crippen LogP contribution in [0.3, 0.4) is 0 Å². The summed E-state index contributed by atoms with van der Waals surface area (Å²) in [6.07, 6.45) is 1.69. The summed E-state index contributed by atoms with van der Waals surface area (Å²) < 4.78 is 10.8. The summed E-state index contributed by atoms with van der Waals surface area (Å²) in [6.45, 7) is 4.28. The average molecular weight is 375 g/mol. The Kier molecular flexibility index (Phi) is 6.17. The molecule has 1 heterocycles. The van der Waals surface area contributed by atoms with Crippen LogP contribution in [0.25, 0.3) is 0 Å². The molecule has 0 unspecified atom stereocenters. The molecular formula is C23H21NO4. The molecule has 0 N–H and O–H groups in total. The van der Waals surface area contributed by atoms with Crippen LogP contribution in [-0.2, 0) is 11.3 Å². The first kappa shape index (κ1) is 19.3. The van der Waals surface area contributed by atoms with Crippen molar-refractivity contribution in [1.29, 1.82) is 0 Å². The van der Waals surface area contributed by atoms with Crippen LogP contribution < -0.4 is 4.74 Å². The highest BCUT2D eigenvalue weighted by Crippen LogP contribution is 2.18. The number of carbonyl (C=O) groups is 2. The van der Waals surface area contributed by atoms with E-state index in [0.29, 0.717) is 23.6 Å². The number of benzene rings is 2. The van der Waals surface area contributed by atoms with Gasteiger partial charge in [-0.15, -0.1) is 0 Å². The lowest BCUT2D eigenvalue weighted by atomic mass is 9.98. The molecule has 142 valence electrons. The Balaban J connectivity index is 1.74. The molecule has 5 heteroatoms. The summed E-state index contributed by atoms with van der Waals surface area (Å²) >= 11 is 0. The molecule has 0 saturated carbocycles. The molecule has 28 heavy (non-hydrogen) atoms. The zero-order valence-electron chi connectivity index (χ0n) is 15.8. The van der Waals surface area contributed by atoms with Crippen LogP contribution in [0.2, 0.25) is 0 Å². The van der Waals surface area contributed by atoms with Crippen LogP contribution in [-0.4, -0.2) is 23.3 Å². The number of esters is 1. The van der Waals surface area contributed by atoms with Crippen molar-refractivity contribution in [2.75, 3.05) is 6.61 Å². The van der Waals surface area contributed by atoms with Crippen molar-refractivity contribution in [2.45, 2.75) is 20.5 Å². The maximum atomic E-state index is 12.9. The zero-order valence-corrected chi connectivity index (χ0v) is 15.8. The van der Waals surface area contributed by atoms with Crippen LogP contribution in [0.5, 0.6) is 5.88 Å². The van der Waals surface area contributed by atoms with Crippen molar-refractivity contribution in [3.05, 3.63) is 94.7 Å². The molecule has 0 atom stereocenters. The van der Waals surface area contributed by atoms with Gasteiger partial charge < -0.3 is 9.47 Å². The minimum Gasteiger partial charge on any atom is -0.473 e. The molecule has 0 saturated heterocycles. The maximum Gasteiger partial charge on any atom is 0.338 e. The van der Waals surface area contributed by atoms with Crippen molar-refractivity contribution in [3.8, 4) is 5.88 Å². The van der Waals surface area contributed by atoms with E-state index in [1.165, 1.54) is 0 Å². The van der Waals surface area contributed by atoms with E-state index < -0.39 is 5.97 Å². The second-order valence-corrected chi connectivity index (χ2v) is 6.21. The molecular weight excluding hydrogens is 354 g/mol. The van der Waals surface area contributed by atoms with Crippen LogP contribution >= 0.6 is 0 Å². The lowest BCUT2D eigenvalue weighted by Gasteiger charge is -2.10. The number of aryl methyl sites for hydroxylation is 1. The number of carbonyl (C=O) groups excluding carboxylic acids is 2. The van der Waals surface area contributed by atoms with Crippen LogP contribution in [0.15, 0.2) is 66.9 Å². The minimum atomic E-state index is -0.498. The molecule has 1 aromatic heterocycles. The van der Waals surface area contributed by atoms with Crippen LogP contribution in [0.4, 0.5) is 0 Å². The molecule has 3 rings (SSSR count). The van der Waals surface area contributed by atoms with E-state index >= 15 is 0 Å². The number of pyridine rings is 1. The van der Waals surface area contributed by atoms with Gasteiger partial charge in [0.2, 0.25) is 5.88 Å². The smallest absolute Gasteiger partial charge is 0.338 e. The molecule has 0 amide bonds. The lowest BCUT2D eigenvalue weighted by Crippen LogP contribution is -2.12. The molecule has 3 aromatic rings. The highest BCUT2D eigenvalue weighted by atomic mass is 16.5. The standard InChI is InChI=1S/C23H21NO4/c1-3-27-23(26)20-9-5-4-8-19(20)21(25)18-12-10-17(11-13-18)15-28-22-16(2)7-6-14-24-22/h4-14H,3,15H2,1-2H3. The van der Waals surface area contributed by atoms with Crippen molar-refractivity contribution in [1.82, 2.24) is 4.98 Å². The number of aromatic nitrogens is 1. The van der Waals surface area contributed by atoms with Gasteiger partial charge in [-0.05, 0) is 31.5 Å². The third-order valence-electron chi connectivity index (χ3n) is 4.22. The van der Waals surface area contributed by atoms with Gasteiger partial charge in [-0.1, -0.05) is 48.5 Å². The molecule has 0 aliphatic carbocycles. The van der Waals surface area contributed by atoms with Gasteiger partial charge in [0, 0.05) is 22.9 Å². The maximum absolute atomic E-state index is 12.9. The normalized spacial score (nSPS) is 10.4. The quantitative estimate of drug-likeness (QED) is 0.453. The summed E-state index contributed by atoms with van der Waals surface area (Å²) in [7, 11) is 0. The highest BCUT2D eigenvalue weighted by Gasteiger charge is 2.18. The fourth-order valence-electron chi connectivity index (χ4n) is 2.75. The number of rotatable bonds is 7. The Labute approximate surface area is 164 Å². The summed E-state index contributed by atoms with van der Waals surface area (Å²) in [5.74, 6) is -0.134. The second kappa shape index (κ2) is 8.95. The van der Waals surface area contributed by atoms with E-state index in [-0.39, 0.29) is 18.0 Å². The summed E-state index contributed by atoms with van der Waals surface area (Å²) in [5.41, 5.74) is 2.97. The van der Waals surface area contributed by atoms with Crippen LogP contribution in [0.1, 0.15) is 44.3 Å². The SMILES string of the molecule is CCOC(=O)c1ccccc1C(=O)c1ccc(COc2ncccc2C)cc1. The minimum absolute atomic E-state index is 0.225. The fraction of sp³-hybridized carbons (Fsp3) is 0.174. The third-order valence-corrected chi connectivity index (χ3v) is 4.22. The van der Waals surface area contributed by atoms with E-state index in [2.05, 4.69) is 4.98 Å². The monoisotopic (exact) mass is 375 g/mol. The van der Waals surface area contributed by atoms with Gasteiger partial charge in [-0.25, -0.2) is 9.78 Å². The van der Waals surface area contributed by atoms with E-state index in [1.807, 2.05) is 31.2 Å². The molecule has 0 bridgehead atoms. The number of nitrogens with zero attached hydrogens (tertiary/aromatic N) is 1. The van der Waals surface area contributed by atoms with Gasteiger partial charge in [-0.3, -0.25) is 4.79 Å². The van der Waals surface area contributed by atoms with Gasteiger partial charge in [0.15, 0.2) is 5.78 Å². The number of hydrogen-bond acceptors (Lipinski definition) is 5. The molecule has 0 aliphatic rings. The molecule has 0 aliphatic heterocycles. The summed E-state index contributed by atoms with van der Waals surface area (Å²) in [4.78, 5) is 29.2. The predicted octanol–water partition coefficient (Wildman–Crippen LogP) is 4.38. The fourth-order valence-corrected chi connectivity index (χ4v) is 2.75. The Hall–Kier alpha value is -3.47. The third kappa shape index (κ3) is 4.43. The van der Waals surface area contributed by atoms with Crippen molar-refractivity contribution >= 4 is 11.8 Å². The number of hydrogen-bond donors (Lipinski definition) is 0. The Morgan fingerprint density at radius 3 is 2.32 bits per heavy atom. The predicted molar refractivity (Wildman–Crippen MR) is 106 cm³/mol. The summed E-state index contributed by atoms with van der Waals surface area (Å²) in [6, 6.07) is 17.6. The molecule has 5 nitrogen and oxygen atoms in total. The van der Waals surface area contributed by atoms with E-state index in [0.717, 1.165) is 11.1 Å². The van der Waals surface area contributed by atoms with Crippen molar-refractivity contribution in [2.24, 2.45) is 0 Å². The van der Waals surface area contributed by atoms with E-state index in [1.54, 1.807) is 49.5 Å². The molecule has 0 fully saturated rings. The average Bonchev–Trinajstić information content (AvgIpc) is 2.73. The van der Waals surface area contributed by atoms with Crippen molar-refractivity contribution in [3.63, 3.8) is 0 Å². The number of ether oxygens (including phenoxy) is 2. The van der Waals surface area contributed by atoms with Gasteiger partial charge in [-0.2, -0.15) is 0 Å². The summed E-state index contributed by atoms with van der Waals surface area (Å²) in [5, 5.41) is 0. The van der Waals surface area contributed by atoms with Crippen molar-refractivity contribution < 1.29 is 19.1 Å². The highest BCUT2D eigenvalue weighted by molar-refractivity contribution is 6.14. The largest absolute Gasteiger partial charge is 0.473 e. The molecule has 0 radical (unpaired) electrons. The molecule has 0 spiro atoms. The topological polar surface area (TPSA) is 65.5 Å². The first-order valence-corrected chi connectivity index (χ1v) is 9.04. The molecule has 2 aromatic carbocycles. The van der Waals surface area contributed by atoms with Gasteiger partial charge >= 0.3 is 5.97 Å². The van der Waals surface area contributed by atoms with E-state index in [9.17, 15) is 9.59 Å². The van der Waals surface area contributed by atoms with Crippen LogP contribution in [0, 0.1) is 6.92 Å². The van der Waals surface area contributed by atoms with Gasteiger partial charge in [0.1, 0.15) is 6.61 Å². The Morgan fingerprint density at radius 1 is 0.929 bits per heavy atom. The van der Waals surface area contributed by atoms with Gasteiger partial charge in [0.25, 0.3) is 0 Å². The first-order valence-electron chi connectivity index (χ1n) is 9.04. The van der Waals surface area contributed by atoms with Gasteiger partial charge in [0.05, 0.1) is 12.2 Å². The van der Waals surface area contributed by atoms with E-state index in [4.69, 9.17) is 9.47 Å². The lowest BCUT2D eigenvalue weighted by molar-refractivity contribution is 0.0523. The first-order chi connectivity index (χ1) is 13.6. The Morgan fingerprint density at radius 2 is 1.64 bits per heavy atom.